The minimum atomic E-state index is -0.219. The summed E-state index contributed by atoms with van der Waals surface area (Å²) in [7, 11) is 1.68. The lowest BCUT2D eigenvalue weighted by Crippen LogP contribution is -2.21. The number of hydrogen-bond donors (Lipinski definition) is 1. The highest BCUT2D eigenvalue weighted by molar-refractivity contribution is 5.76. The largest absolute Gasteiger partial charge is 0.383 e. The summed E-state index contributed by atoms with van der Waals surface area (Å²) < 4.78 is 20.4. The molecule has 4 nitrogen and oxygen atoms in total. The van der Waals surface area contributed by atoms with Crippen LogP contribution in [0.4, 0.5) is 4.39 Å². The second kappa shape index (κ2) is 6.63. The van der Waals surface area contributed by atoms with E-state index in [0.29, 0.717) is 13.2 Å². The molecule has 0 saturated carbocycles. The summed E-state index contributed by atoms with van der Waals surface area (Å²) >= 11 is 0. The van der Waals surface area contributed by atoms with Crippen LogP contribution >= 0.6 is 0 Å². The molecule has 0 radical (unpaired) electrons. The molecule has 1 aromatic carbocycles. The molecule has 2 rings (SSSR count). The molecule has 0 saturated heterocycles. The van der Waals surface area contributed by atoms with Gasteiger partial charge in [0.05, 0.1) is 24.2 Å². The van der Waals surface area contributed by atoms with E-state index in [-0.39, 0.29) is 5.82 Å². The molecule has 0 atom stereocenters. The second-order valence-corrected chi connectivity index (χ2v) is 4.48. The quantitative estimate of drug-likeness (QED) is 0.781. The van der Waals surface area contributed by atoms with E-state index >= 15 is 0 Å². The fourth-order valence-corrected chi connectivity index (χ4v) is 2.13. The van der Waals surface area contributed by atoms with Crippen molar-refractivity contribution in [2.75, 3.05) is 20.3 Å². The third kappa shape index (κ3) is 3.30. The van der Waals surface area contributed by atoms with Gasteiger partial charge in [-0.1, -0.05) is 6.92 Å². The maximum Gasteiger partial charge on any atom is 0.125 e. The molecule has 0 aliphatic carbocycles. The Hall–Kier alpha value is -1.46. The van der Waals surface area contributed by atoms with Crippen molar-refractivity contribution in [1.82, 2.24) is 14.9 Å². The van der Waals surface area contributed by atoms with Gasteiger partial charge in [0.15, 0.2) is 0 Å². The van der Waals surface area contributed by atoms with Gasteiger partial charge in [0.2, 0.25) is 0 Å². The zero-order valence-corrected chi connectivity index (χ0v) is 11.4. The van der Waals surface area contributed by atoms with Crippen LogP contribution in [0.15, 0.2) is 18.2 Å². The van der Waals surface area contributed by atoms with E-state index in [1.54, 1.807) is 19.2 Å². The topological polar surface area (TPSA) is 39.1 Å². The number of halogens is 1. The van der Waals surface area contributed by atoms with Crippen molar-refractivity contribution >= 4 is 11.0 Å². The Balaban J connectivity index is 2.23. The van der Waals surface area contributed by atoms with Crippen LogP contribution in [0.1, 0.15) is 19.2 Å². The van der Waals surface area contributed by atoms with Crippen LogP contribution < -0.4 is 5.32 Å². The first kappa shape index (κ1) is 14.0. The van der Waals surface area contributed by atoms with E-state index < -0.39 is 0 Å². The van der Waals surface area contributed by atoms with Crippen molar-refractivity contribution in [2.45, 2.75) is 26.4 Å². The van der Waals surface area contributed by atoms with E-state index in [2.05, 4.69) is 21.8 Å². The minimum Gasteiger partial charge on any atom is -0.383 e. The standard InChI is InChI=1S/C14H20FN3O/c1-3-7-18-13-9-11(15)4-5-12(13)17-14(18)10-16-6-8-19-2/h4-5,9,16H,3,6-8,10H2,1-2H3. The summed E-state index contributed by atoms with van der Waals surface area (Å²) in [5.41, 5.74) is 1.71. The first-order valence-electron chi connectivity index (χ1n) is 6.60. The summed E-state index contributed by atoms with van der Waals surface area (Å²) in [6.07, 6.45) is 0.993. The molecule has 0 amide bonds. The average Bonchev–Trinajstić information content (AvgIpc) is 2.73. The van der Waals surface area contributed by atoms with E-state index in [1.165, 1.54) is 6.07 Å². The molecule has 2 aromatic rings. The summed E-state index contributed by atoms with van der Waals surface area (Å²) in [6, 6.07) is 4.74. The molecule has 1 aromatic heterocycles. The monoisotopic (exact) mass is 265 g/mol. The van der Waals surface area contributed by atoms with Gasteiger partial charge < -0.3 is 14.6 Å². The highest BCUT2D eigenvalue weighted by Crippen LogP contribution is 2.18. The van der Waals surface area contributed by atoms with Crippen LogP contribution in [0.3, 0.4) is 0 Å². The number of aromatic nitrogens is 2. The van der Waals surface area contributed by atoms with Crippen molar-refractivity contribution in [1.29, 1.82) is 0 Å². The molecule has 0 aliphatic rings. The normalized spacial score (nSPS) is 11.3. The molecule has 0 aliphatic heterocycles. The van der Waals surface area contributed by atoms with Crippen molar-refractivity contribution in [3.63, 3.8) is 0 Å². The maximum absolute atomic E-state index is 13.3. The second-order valence-electron chi connectivity index (χ2n) is 4.48. The number of ether oxygens (including phenoxy) is 1. The average molecular weight is 265 g/mol. The molecule has 0 unspecified atom stereocenters. The maximum atomic E-state index is 13.3. The summed E-state index contributed by atoms with van der Waals surface area (Å²) in [4.78, 5) is 4.56. The lowest BCUT2D eigenvalue weighted by Gasteiger charge is -2.08. The van der Waals surface area contributed by atoms with E-state index in [9.17, 15) is 4.39 Å². The zero-order valence-electron chi connectivity index (χ0n) is 11.4. The zero-order chi connectivity index (χ0) is 13.7. The Morgan fingerprint density at radius 3 is 3.00 bits per heavy atom. The molecule has 1 heterocycles. The number of nitrogens with zero attached hydrogens (tertiary/aromatic N) is 2. The van der Waals surface area contributed by atoms with Gasteiger partial charge in [-0.15, -0.1) is 0 Å². The van der Waals surface area contributed by atoms with Crippen LogP contribution in [0, 0.1) is 5.82 Å². The molecule has 104 valence electrons. The Labute approximate surface area is 112 Å². The molecule has 0 fully saturated rings. The van der Waals surface area contributed by atoms with Crippen LogP contribution in [0.5, 0.6) is 0 Å². The Kier molecular flexibility index (Phi) is 4.87. The molecule has 1 N–H and O–H groups in total. The van der Waals surface area contributed by atoms with Gasteiger partial charge >= 0.3 is 0 Å². The van der Waals surface area contributed by atoms with Crippen LogP contribution in [-0.4, -0.2) is 29.8 Å². The number of methoxy groups -OCH3 is 1. The van der Waals surface area contributed by atoms with Gasteiger partial charge in [-0.3, -0.25) is 0 Å². The van der Waals surface area contributed by atoms with Gasteiger partial charge in [0.1, 0.15) is 11.6 Å². The number of benzene rings is 1. The Morgan fingerprint density at radius 1 is 1.42 bits per heavy atom. The Bertz CT molecular complexity index is 539. The fourth-order valence-electron chi connectivity index (χ4n) is 2.13. The third-order valence-electron chi connectivity index (χ3n) is 3.00. The smallest absolute Gasteiger partial charge is 0.125 e. The minimum absolute atomic E-state index is 0.219. The molecule has 19 heavy (non-hydrogen) atoms. The summed E-state index contributed by atoms with van der Waals surface area (Å²) in [5, 5.41) is 3.27. The Morgan fingerprint density at radius 2 is 2.26 bits per heavy atom. The predicted molar refractivity (Wildman–Crippen MR) is 73.6 cm³/mol. The van der Waals surface area contributed by atoms with Crippen LogP contribution in [0.2, 0.25) is 0 Å². The predicted octanol–water partition coefficient (Wildman–Crippen LogP) is 2.32. The van der Waals surface area contributed by atoms with Crippen molar-refractivity contribution < 1.29 is 9.13 Å². The van der Waals surface area contributed by atoms with Gasteiger partial charge in [-0.25, -0.2) is 9.37 Å². The number of aryl methyl sites for hydroxylation is 1. The van der Waals surface area contributed by atoms with E-state index in [0.717, 1.165) is 36.4 Å². The molecular formula is C14H20FN3O. The molecular weight excluding hydrogens is 245 g/mol. The lowest BCUT2D eigenvalue weighted by molar-refractivity contribution is 0.199. The first-order valence-corrected chi connectivity index (χ1v) is 6.60. The lowest BCUT2D eigenvalue weighted by atomic mass is 10.3. The van der Waals surface area contributed by atoms with Crippen molar-refractivity contribution in [2.24, 2.45) is 0 Å². The summed E-state index contributed by atoms with van der Waals surface area (Å²) in [5.74, 6) is 0.724. The number of hydrogen-bond acceptors (Lipinski definition) is 3. The van der Waals surface area contributed by atoms with Crippen molar-refractivity contribution in [3.8, 4) is 0 Å². The first-order chi connectivity index (χ1) is 9.26. The summed E-state index contributed by atoms with van der Waals surface area (Å²) in [6.45, 7) is 5.07. The molecule has 0 spiro atoms. The van der Waals surface area contributed by atoms with Gasteiger partial charge in [-0.2, -0.15) is 0 Å². The third-order valence-corrected chi connectivity index (χ3v) is 3.00. The van der Waals surface area contributed by atoms with Gasteiger partial charge in [-0.05, 0) is 24.6 Å². The highest BCUT2D eigenvalue weighted by Gasteiger charge is 2.10. The number of imidazole rings is 1. The SMILES string of the molecule is CCCn1c(CNCCOC)nc2ccc(F)cc21. The van der Waals surface area contributed by atoms with Crippen molar-refractivity contribution in [3.05, 3.63) is 29.8 Å². The molecule has 5 heteroatoms. The van der Waals surface area contributed by atoms with Gasteiger partial charge in [0, 0.05) is 20.2 Å². The number of rotatable bonds is 7. The van der Waals surface area contributed by atoms with Gasteiger partial charge in [0.25, 0.3) is 0 Å². The van der Waals surface area contributed by atoms with E-state index in [1.807, 2.05) is 0 Å². The highest BCUT2D eigenvalue weighted by atomic mass is 19.1. The fraction of sp³-hybridized carbons (Fsp3) is 0.500. The van der Waals surface area contributed by atoms with Crippen LogP contribution in [0.25, 0.3) is 11.0 Å². The van der Waals surface area contributed by atoms with E-state index in [4.69, 9.17) is 4.74 Å². The number of fused-ring (bicyclic) bond motifs is 1. The molecule has 0 bridgehead atoms. The van der Waals surface area contributed by atoms with Crippen LogP contribution in [-0.2, 0) is 17.8 Å². The number of nitrogens with one attached hydrogen (secondary N) is 1.